The van der Waals surface area contributed by atoms with E-state index in [1.165, 1.54) is 0 Å². The maximum Gasteiger partial charge on any atom is 0.255 e. The number of aliphatic hydroxyl groups excluding tert-OH is 1. The van der Waals surface area contributed by atoms with Crippen LogP contribution in [0.15, 0.2) is 42.6 Å². The molecule has 0 aliphatic carbocycles. The third kappa shape index (κ3) is 2.97. The number of aliphatic hydroxyl groups is 1. The number of halogens is 2. The van der Waals surface area contributed by atoms with E-state index in [2.05, 4.69) is 10.3 Å². The minimum Gasteiger partial charge on any atom is -0.394 e. The molecule has 1 heterocycles. The molecule has 1 aromatic carbocycles. The Hall–Kier alpha value is -2.34. The summed E-state index contributed by atoms with van der Waals surface area (Å²) in [6, 6.07) is 9.09. The summed E-state index contributed by atoms with van der Waals surface area (Å²) in [5.41, 5.74) is 0.213. The Morgan fingerprint density at radius 2 is 1.95 bits per heavy atom. The molecule has 1 amide bonds. The number of carbonyl (C=O) groups excluding carboxylic acids is 1. The van der Waals surface area contributed by atoms with Gasteiger partial charge in [0.2, 0.25) is 5.95 Å². The largest absolute Gasteiger partial charge is 0.394 e. The van der Waals surface area contributed by atoms with Gasteiger partial charge >= 0.3 is 0 Å². The first kappa shape index (κ1) is 14.1. The Morgan fingerprint density at radius 1 is 1.25 bits per heavy atom. The highest BCUT2D eigenvalue weighted by Crippen LogP contribution is 2.14. The average molecular weight is 278 g/mol. The highest BCUT2D eigenvalue weighted by Gasteiger charge is 2.19. The summed E-state index contributed by atoms with van der Waals surface area (Å²) in [5, 5.41) is 11.7. The van der Waals surface area contributed by atoms with Gasteiger partial charge in [-0.15, -0.1) is 0 Å². The van der Waals surface area contributed by atoms with Crippen molar-refractivity contribution in [2.24, 2.45) is 0 Å². The summed E-state index contributed by atoms with van der Waals surface area (Å²) in [6.07, 6.45) is 1.00. The topological polar surface area (TPSA) is 62.2 Å². The van der Waals surface area contributed by atoms with Crippen molar-refractivity contribution in [3.63, 3.8) is 0 Å². The van der Waals surface area contributed by atoms with Crippen molar-refractivity contribution in [3.8, 4) is 0 Å². The molecule has 0 aliphatic rings. The Kier molecular flexibility index (Phi) is 4.37. The Labute approximate surface area is 114 Å². The van der Waals surface area contributed by atoms with Gasteiger partial charge in [0.1, 0.15) is 0 Å². The van der Waals surface area contributed by atoms with E-state index in [4.69, 9.17) is 0 Å². The molecule has 104 valence electrons. The van der Waals surface area contributed by atoms with Crippen LogP contribution < -0.4 is 5.32 Å². The van der Waals surface area contributed by atoms with Crippen molar-refractivity contribution in [1.29, 1.82) is 0 Å². The number of nitrogens with zero attached hydrogens (tertiary/aromatic N) is 1. The lowest BCUT2D eigenvalue weighted by Crippen LogP contribution is -2.31. The highest BCUT2D eigenvalue weighted by molar-refractivity contribution is 5.94. The van der Waals surface area contributed by atoms with Gasteiger partial charge in [-0.25, -0.2) is 9.37 Å². The van der Waals surface area contributed by atoms with Gasteiger partial charge in [0.05, 0.1) is 18.2 Å². The number of benzene rings is 1. The molecule has 6 heteroatoms. The summed E-state index contributed by atoms with van der Waals surface area (Å²) in [7, 11) is 0. The van der Waals surface area contributed by atoms with Gasteiger partial charge < -0.3 is 10.4 Å². The summed E-state index contributed by atoms with van der Waals surface area (Å²) in [4.78, 5) is 15.0. The highest BCUT2D eigenvalue weighted by atomic mass is 19.2. The lowest BCUT2D eigenvalue weighted by atomic mass is 10.1. The molecule has 1 atom stereocenters. The van der Waals surface area contributed by atoms with Crippen molar-refractivity contribution >= 4 is 5.91 Å². The number of amides is 1. The first-order valence-corrected chi connectivity index (χ1v) is 5.90. The monoisotopic (exact) mass is 278 g/mol. The van der Waals surface area contributed by atoms with E-state index in [0.717, 1.165) is 12.3 Å². The first-order chi connectivity index (χ1) is 9.63. The molecular formula is C14H12F2N2O2. The molecule has 0 saturated heterocycles. The van der Waals surface area contributed by atoms with Crippen LogP contribution in [0.1, 0.15) is 22.0 Å². The number of pyridine rings is 1. The van der Waals surface area contributed by atoms with Crippen molar-refractivity contribution in [3.05, 3.63) is 65.5 Å². The normalized spacial score (nSPS) is 11.9. The SMILES string of the molecule is O=C(N[C@H](CO)c1ccccc1)c1ccnc(F)c1F. The fraction of sp³-hybridized carbons (Fsp3) is 0.143. The molecule has 20 heavy (non-hydrogen) atoms. The minimum absolute atomic E-state index is 0.356. The standard InChI is InChI=1S/C14H12F2N2O2/c15-12-10(6-7-17-13(12)16)14(20)18-11(8-19)9-4-2-1-3-5-9/h1-7,11,19H,8H2,(H,18,20)/t11-/m1/s1. The molecule has 1 aromatic heterocycles. The van der Waals surface area contributed by atoms with Gasteiger partial charge in [0.15, 0.2) is 5.82 Å². The molecule has 4 nitrogen and oxygen atoms in total. The number of aromatic nitrogens is 1. The zero-order chi connectivity index (χ0) is 14.5. The summed E-state index contributed by atoms with van der Waals surface area (Å²) < 4.78 is 26.4. The lowest BCUT2D eigenvalue weighted by molar-refractivity contribution is 0.0910. The molecular weight excluding hydrogens is 266 g/mol. The summed E-state index contributed by atoms with van der Waals surface area (Å²) in [6.45, 7) is -0.356. The molecule has 0 bridgehead atoms. The first-order valence-electron chi connectivity index (χ1n) is 5.90. The van der Waals surface area contributed by atoms with Gasteiger partial charge in [-0.05, 0) is 11.6 Å². The summed E-state index contributed by atoms with van der Waals surface area (Å²) in [5.74, 6) is -3.46. The Morgan fingerprint density at radius 3 is 2.60 bits per heavy atom. The number of carbonyl (C=O) groups is 1. The van der Waals surface area contributed by atoms with Crippen LogP contribution in [0.3, 0.4) is 0 Å². The van der Waals surface area contributed by atoms with E-state index >= 15 is 0 Å². The number of nitrogens with one attached hydrogen (secondary N) is 1. The van der Waals surface area contributed by atoms with Crippen molar-refractivity contribution in [2.75, 3.05) is 6.61 Å². The van der Waals surface area contributed by atoms with Crippen LogP contribution >= 0.6 is 0 Å². The van der Waals surface area contributed by atoms with E-state index in [9.17, 15) is 18.7 Å². The molecule has 0 spiro atoms. The third-order valence-corrected chi connectivity index (χ3v) is 2.78. The molecule has 2 N–H and O–H groups in total. The predicted octanol–water partition coefficient (Wildman–Crippen LogP) is 1.82. The van der Waals surface area contributed by atoms with Crippen molar-refractivity contribution in [2.45, 2.75) is 6.04 Å². The fourth-order valence-electron chi connectivity index (χ4n) is 1.75. The van der Waals surface area contributed by atoms with E-state index in [1.54, 1.807) is 30.3 Å². The Bertz CT molecular complexity index is 605. The third-order valence-electron chi connectivity index (χ3n) is 2.78. The number of hydrogen-bond donors (Lipinski definition) is 2. The van der Waals surface area contributed by atoms with Gasteiger partial charge in [-0.3, -0.25) is 4.79 Å². The second kappa shape index (κ2) is 6.21. The molecule has 2 aromatic rings. The van der Waals surface area contributed by atoms with E-state index in [-0.39, 0.29) is 6.61 Å². The van der Waals surface area contributed by atoms with Crippen molar-refractivity contribution in [1.82, 2.24) is 10.3 Å². The van der Waals surface area contributed by atoms with E-state index in [1.807, 2.05) is 0 Å². The van der Waals surface area contributed by atoms with Crippen LogP contribution in [0.5, 0.6) is 0 Å². The van der Waals surface area contributed by atoms with E-state index in [0.29, 0.717) is 5.56 Å². The number of rotatable bonds is 4. The molecule has 0 aliphatic heterocycles. The summed E-state index contributed by atoms with van der Waals surface area (Å²) >= 11 is 0. The molecule has 0 fully saturated rings. The molecule has 0 radical (unpaired) electrons. The second-order valence-corrected chi connectivity index (χ2v) is 4.08. The smallest absolute Gasteiger partial charge is 0.255 e. The predicted molar refractivity (Wildman–Crippen MR) is 67.9 cm³/mol. The Balaban J connectivity index is 2.20. The molecule has 2 rings (SSSR count). The number of hydrogen-bond acceptors (Lipinski definition) is 3. The van der Waals surface area contributed by atoms with Gasteiger partial charge in [-0.1, -0.05) is 30.3 Å². The minimum atomic E-state index is -1.34. The van der Waals surface area contributed by atoms with Crippen LogP contribution in [0.25, 0.3) is 0 Å². The zero-order valence-corrected chi connectivity index (χ0v) is 10.4. The van der Waals surface area contributed by atoms with Crippen molar-refractivity contribution < 1.29 is 18.7 Å². The quantitative estimate of drug-likeness (QED) is 0.839. The molecule has 0 saturated carbocycles. The maximum absolute atomic E-state index is 13.4. The fourth-order valence-corrected chi connectivity index (χ4v) is 1.75. The lowest BCUT2D eigenvalue weighted by Gasteiger charge is -2.16. The second-order valence-electron chi connectivity index (χ2n) is 4.08. The van der Waals surface area contributed by atoms with Crippen LogP contribution in [0.2, 0.25) is 0 Å². The van der Waals surface area contributed by atoms with Gasteiger partial charge in [-0.2, -0.15) is 4.39 Å². The van der Waals surface area contributed by atoms with Crippen LogP contribution in [-0.2, 0) is 0 Å². The van der Waals surface area contributed by atoms with Crippen LogP contribution in [0, 0.1) is 11.8 Å². The van der Waals surface area contributed by atoms with Gasteiger partial charge in [0.25, 0.3) is 5.91 Å². The molecule has 0 unspecified atom stereocenters. The van der Waals surface area contributed by atoms with Crippen LogP contribution in [0.4, 0.5) is 8.78 Å². The maximum atomic E-state index is 13.4. The van der Waals surface area contributed by atoms with Gasteiger partial charge in [0, 0.05) is 6.20 Å². The van der Waals surface area contributed by atoms with E-state index < -0.39 is 29.3 Å². The zero-order valence-electron chi connectivity index (χ0n) is 10.4. The average Bonchev–Trinajstić information content (AvgIpc) is 2.48. The van der Waals surface area contributed by atoms with Crippen LogP contribution in [-0.4, -0.2) is 22.6 Å².